The number of hydrogen-bond donors (Lipinski definition) is 1. The number of para-hydroxylation sites is 4. The van der Waals surface area contributed by atoms with Crippen molar-refractivity contribution in [1.82, 2.24) is 0 Å². The molecule has 8 nitrogen and oxygen atoms in total. The third-order valence-electron chi connectivity index (χ3n) is 22.1. The van der Waals surface area contributed by atoms with Crippen LogP contribution in [0.5, 0.6) is 5.75 Å². The molecular weight excluding hydrogens is 1450 g/mol. The van der Waals surface area contributed by atoms with Crippen LogP contribution in [0, 0.1) is 0 Å². The molecule has 0 bridgehead atoms. The van der Waals surface area contributed by atoms with Crippen LogP contribution in [-0.2, 0) is 26.2 Å². The predicted molar refractivity (Wildman–Crippen MR) is 468 cm³/mol. The number of rotatable bonds is 7. The molecule has 0 saturated heterocycles. The van der Waals surface area contributed by atoms with Gasteiger partial charge in [0.1, 0.15) is 5.75 Å². The molecule has 0 aliphatic carbocycles. The summed E-state index contributed by atoms with van der Waals surface area (Å²) in [6.07, 6.45) is -0.378. The fourth-order valence-electron chi connectivity index (χ4n) is 16.8. The van der Waals surface area contributed by atoms with Gasteiger partial charge in [-0.2, -0.15) is 0 Å². The number of ether oxygens (including phenoxy) is 1. The van der Waals surface area contributed by atoms with Crippen LogP contribution in [0.3, 0.4) is 0 Å². The van der Waals surface area contributed by atoms with Crippen molar-refractivity contribution in [3.8, 4) is 5.75 Å². The predicted octanol–water partition coefficient (Wildman–Crippen LogP) is 25.7. The first-order valence-corrected chi connectivity index (χ1v) is 39.6. The average molecular weight is 1530 g/mol. The van der Waals surface area contributed by atoms with E-state index in [-0.39, 0.29) is 41.6 Å². The summed E-state index contributed by atoms with van der Waals surface area (Å²) in [7, 11) is 0. The van der Waals surface area contributed by atoms with Gasteiger partial charge in [-0.05, 0) is 197 Å². The fourth-order valence-corrected chi connectivity index (χ4v) is 17.1. The summed E-state index contributed by atoms with van der Waals surface area (Å²) < 4.78 is 5.71. The highest BCUT2D eigenvalue weighted by Crippen LogP contribution is 2.48. The maximum Gasteiger partial charge on any atom is 0.420 e. The third kappa shape index (κ3) is 15.9. The Bertz CT molecular complexity index is 6130. The van der Waals surface area contributed by atoms with E-state index in [4.69, 9.17) is 27.9 Å². The number of nitrogens with zero attached hydrogens (tertiary/aromatic N) is 3. The van der Waals surface area contributed by atoms with Crippen molar-refractivity contribution in [3.63, 3.8) is 0 Å². The summed E-state index contributed by atoms with van der Waals surface area (Å²) in [5.41, 5.74) is 24.7. The summed E-state index contributed by atoms with van der Waals surface area (Å²) in [6, 6.07) is 137. The lowest BCUT2D eigenvalue weighted by atomic mass is 9.82. The standard InChI is InChI=1S/C27H20ClNO.C27H21NO2.C27H21NO.C24H18ClN/c28-22-16-14-20(15-17-22)27(30)29-18-21-10-4-5-11-23(21)26(19-8-2-1-3-9-19)24-12-6-7-13-25(24)29;29-27(30-22-14-5-2-6-15-22)28-19-21-13-7-8-16-23(21)26(20-11-3-1-4-12-20)24-17-9-10-18-25(24)28;29-27(21-13-5-2-6-14-21)28-19-22-15-7-8-16-23(22)26(20-11-3-1-4-12-20)24-17-9-10-18-25(24)28;25-20-10-11-23-22(14-20)24(16-6-2-1-3-7-16)21-13-18-9-5-4-8-17(18)12-19(21)15-26-23/h1-17,26H,18H2;1-18,26H,19H2;1-18,26H,19H2;1-14,24,26H,15H2. The molecule has 4 aliphatic rings. The smallest absolute Gasteiger partial charge is 0.410 e. The maximum atomic E-state index is 13.6. The molecule has 0 aromatic heterocycles. The molecule has 20 rings (SSSR count). The maximum absolute atomic E-state index is 13.6. The molecule has 10 heteroatoms. The van der Waals surface area contributed by atoms with E-state index in [9.17, 15) is 14.4 Å². The highest BCUT2D eigenvalue weighted by atomic mass is 35.5. The van der Waals surface area contributed by atoms with Crippen molar-refractivity contribution in [1.29, 1.82) is 0 Å². The second-order valence-electron chi connectivity index (χ2n) is 29.1. The quantitative estimate of drug-likeness (QED) is 0.172. The second-order valence-corrected chi connectivity index (χ2v) is 29.9. The molecule has 4 aliphatic heterocycles. The molecule has 16 aromatic rings. The Morgan fingerprint density at radius 2 is 0.609 bits per heavy atom. The van der Waals surface area contributed by atoms with Crippen LogP contribution in [0.4, 0.5) is 27.5 Å². The summed E-state index contributed by atoms with van der Waals surface area (Å²) in [5.74, 6) is 0.924. The Kier molecular flexibility index (Phi) is 22.0. The van der Waals surface area contributed by atoms with E-state index in [0.29, 0.717) is 41.5 Å². The molecule has 4 atom stereocenters. The molecule has 0 spiro atoms. The highest BCUT2D eigenvalue weighted by molar-refractivity contribution is 6.31. The van der Waals surface area contributed by atoms with Gasteiger partial charge >= 0.3 is 6.09 Å². The number of anilines is 4. The zero-order valence-corrected chi connectivity index (χ0v) is 64.6. The van der Waals surface area contributed by atoms with Gasteiger partial charge in [0, 0.05) is 68.5 Å². The number of hydrogen-bond acceptors (Lipinski definition) is 5. The molecule has 0 saturated carbocycles. The minimum Gasteiger partial charge on any atom is -0.410 e. The van der Waals surface area contributed by atoms with Crippen LogP contribution < -0.4 is 24.8 Å². The normalized spacial score (nSPS) is 15.2. The molecule has 558 valence electrons. The van der Waals surface area contributed by atoms with Crippen molar-refractivity contribution in [2.45, 2.75) is 49.9 Å². The van der Waals surface area contributed by atoms with E-state index in [1.54, 1.807) is 41.3 Å². The van der Waals surface area contributed by atoms with Crippen molar-refractivity contribution in [2.75, 3.05) is 20.0 Å². The van der Waals surface area contributed by atoms with Crippen molar-refractivity contribution >= 4 is 74.6 Å². The van der Waals surface area contributed by atoms with Gasteiger partial charge in [0.15, 0.2) is 0 Å². The minimum absolute atomic E-state index is 0.0253. The Morgan fingerprint density at radius 3 is 1.05 bits per heavy atom. The molecule has 1 N–H and O–H groups in total. The van der Waals surface area contributed by atoms with Crippen LogP contribution in [0.15, 0.2) is 406 Å². The lowest BCUT2D eigenvalue weighted by Gasteiger charge is -2.24. The number of benzene rings is 16. The van der Waals surface area contributed by atoms with Gasteiger partial charge in [-0.15, -0.1) is 0 Å². The van der Waals surface area contributed by atoms with Crippen molar-refractivity contribution < 1.29 is 19.1 Å². The van der Waals surface area contributed by atoms with Gasteiger partial charge in [-0.25, -0.2) is 4.79 Å². The van der Waals surface area contributed by atoms with E-state index >= 15 is 0 Å². The van der Waals surface area contributed by atoms with Gasteiger partial charge in [0.25, 0.3) is 11.8 Å². The number of amides is 3. The Balaban J connectivity index is 0.000000111. The van der Waals surface area contributed by atoms with Gasteiger partial charge in [0.2, 0.25) is 0 Å². The van der Waals surface area contributed by atoms with E-state index in [2.05, 4.69) is 248 Å². The molecule has 4 unspecified atom stereocenters. The lowest BCUT2D eigenvalue weighted by molar-refractivity contribution is 0.0977. The topological polar surface area (TPSA) is 82.2 Å². The van der Waals surface area contributed by atoms with Crippen LogP contribution in [-0.4, -0.2) is 17.9 Å². The number of halogens is 2. The average Bonchev–Trinajstić information content (AvgIpc) is 1.47. The molecule has 3 amide bonds. The molecule has 115 heavy (non-hydrogen) atoms. The summed E-state index contributed by atoms with van der Waals surface area (Å²) >= 11 is 12.4. The second kappa shape index (κ2) is 34.1. The zero-order valence-electron chi connectivity index (χ0n) is 63.1. The van der Waals surface area contributed by atoms with E-state index in [0.717, 1.165) is 62.1 Å². The van der Waals surface area contributed by atoms with E-state index in [1.165, 1.54) is 72.0 Å². The fraction of sp³-hybridized carbons (Fsp3) is 0.0762. The van der Waals surface area contributed by atoms with E-state index in [1.807, 2.05) is 137 Å². The Hall–Kier alpha value is -13.6. The number of carbonyl (C=O) groups excluding carboxylic acids is 3. The summed E-state index contributed by atoms with van der Waals surface area (Å²) in [6.45, 7) is 2.36. The number of carbonyl (C=O) groups is 3. The summed E-state index contributed by atoms with van der Waals surface area (Å²) in [4.78, 5) is 45.8. The zero-order chi connectivity index (χ0) is 78.0. The number of nitrogens with one attached hydrogen (secondary N) is 1. The Morgan fingerprint density at radius 1 is 0.278 bits per heavy atom. The van der Waals surface area contributed by atoms with Gasteiger partial charge in [-0.1, -0.05) is 333 Å². The first kappa shape index (κ1) is 74.1. The van der Waals surface area contributed by atoms with Gasteiger partial charge in [0.05, 0.1) is 25.3 Å². The van der Waals surface area contributed by atoms with E-state index < -0.39 is 0 Å². The molecule has 4 heterocycles. The van der Waals surface area contributed by atoms with Crippen molar-refractivity contribution in [3.05, 3.63) is 517 Å². The first-order valence-electron chi connectivity index (χ1n) is 38.9. The highest BCUT2D eigenvalue weighted by Gasteiger charge is 2.36. The molecule has 16 aromatic carbocycles. The third-order valence-corrected chi connectivity index (χ3v) is 22.6. The molecular formula is C105H80Cl2N4O4. The van der Waals surface area contributed by atoms with Gasteiger partial charge in [-0.3, -0.25) is 14.5 Å². The molecule has 0 fully saturated rings. The monoisotopic (exact) mass is 1530 g/mol. The van der Waals surface area contributed by atoms with Gasteiger partial charge < -0.3 is 19.9 Å². The minimum atomic E-state index is -0.378. The number of fused-ring (bicyclic) bond motifs is 9. The largest absolute Gasteiger partial charge is 0.420 e. The summed E-state index contributed by atoms with van der Waals surface area (Å²) in [5, 5.41) is 7.57. The van der Waals surface area contributed by atoms with Crippen molar-refractivity contribution in [2.24, 2.45) is 0 Å². The van der Waals surface area contributed by atoms with Crippen LogP contribution >= 0.6 is 23.2 Å². The van der Waals surface area contributed by atoms with Crippen LogP contribution in [0.1, 0.15) is 133 Å². The van der Waals surface area contributed by atoms with Crippen LogP contribution in [0.2, 0.25) is 10.0 Å². The lowest BCUT2D eigenvalue weighted by Crippen LogP contribution is -2.33. The Labute approximate surface area is 681 Å². The van der Waals surface area contributed by atoms with Crippen LogP contribution in [0.25, 0.3) is 10.8 Å². The molecule has 0 radical (unpaired) electrons. The first-order chi connectivity index (χ1) is 56.6. The SMILES string of the molecule is Clc1ccc2c(c1)C(c1ccccc1)c1cc3ccccc3cc1CN2.O=C(Oc1ccccc1)N1Cc2ccccc2C(c2ccccc2)c2ccccc21.O=C(c1ccc(Cl)cc1)N1Cc2ccccc2C(c2ccccc2)c2ccccc21.O=C(c1ccccc1)N1Cc2ccccc2C(c2ccccc2)c2ccccc21.